The highest BCUT2D eigenvalue weighted by molar-refractivity contribution is 5.72. The van der Waals surface area contributed by atoms with Crippen molar-refractivity contribution in [3.63, 3.8) is 0 Å². The molecule has 0 saturated carbocycles. The highest BCUT2D eigenvalue weighted by Crippen LogP contribution is 2.27. The molecule has 8 nitrogen and oxygen atoms in total. The molecular formula is C14H17N2O6-. The van der Waals surface area contributed by atoms with Gasteiger partial charge in [0, 0.05) is 18.5 Å². The molecule has 1 aromatic rings. The fraction of sp³-hybridized carbons (Fsp3) is 0.429. The minimum atomic E-state index is -1.45. The van der Waals surface area contributed by atoms with E-state index >= 15 is 0 Å². The lowest BCUT2D eigenvalue weighted by molar-refractivity contribution is -0.385. The van der Waals surface area contributed by atoms with Crippen LogP contribution in [0.25, 0.3) is 0 Å². The molecule has 0 radical (unpaired) electrons. The van der Waals surface area contributed by atoms with Gasteiger partial charge in [0.1, 0.15) is 5.60 Å². The van der Waals surface area contributed by atoms with Crippen molar-refractivity contribution < 1.29 is 24.4 Å². The zero-order valence-corrected chi connectivity index (χ0v) is 12.5. The maximum absolute atomic E-state index is 11.8. The lowest BCUT2D eigenvalue weighted by Gasteiger charge is -2.24. The van der Waals surface area contributed by atoms with Crippen molar-refractivity contribution in [2.75, 3.05) is 0 Å². The van der Waals surface area contributed by atoms with Gasteiger partial charge in [-0.1, -0.05) is 18.2 Å². The summed E-state index contributed by atoms with van der Waals surface area (Å²) in [6.45, 7) is 4.93. The number of carboxylic acids is 1. The fourth-order valence-corrected chi connectivity index (χ4v) is 1.80. The number of nitrogens with one attached hydrogen (secondary N) is 1. The maximum atomic E-state index is 11.8. The second-order valence-corrected chi connectivity index (χ2v) is 5.59. The van der Waals surface area contributed by atoms with E-state index in [0.717, 1.165) is 0 Å². The summed E-state index contributed by atoms with van der Waals surface area (Å²) in [6, 6.07) is 4.45. The first-order chi connectivity index (χ1) is 10.1. The van der Waals surface area contributed by atoms with Crippen molar-refractivity contribution in [1.82, 2.24) is 5.32 Å². The number of aliphatic carboxylic acids is 1. The maximum Gasteiger partial charge on any atom is 0.408 e. The number of nitrogens with zero attached hydrogens (tertiary/aromatic N) is 1. The molecule has 1 rings (SSSR count). The smallest absolute Gasteiger partial charge is 0.408 e. The zero-order valence-electron chi connectivity index (χ0n) is 12.5. The summed E-state index contributed by atoms with van der Waals surface area (Å²) < 4.78 is 5.04. The predicted molar refractivity (Wildman–Crippen MR) is 74.8 cm³/mol. The Morgan fingerprint density at radius 2 is 1.91 bits per heavy atom. The van der Waals surface area contributed by atoms with Crippen LogP contribution in [0.3, 0.4) is 0 Å². The van der Waals surface area contributed by atoms with Crippen LogP contribution in [0.15, 0.2) is 24.3 Å². The van der Waals surface area contributed by atoms with Gasteiger partial charge in [-0.25, -0.2) is 4.79 Å². The van der Waals surface area contributed by atoms with Crippen LogP contribution in [-0.4, -0.2) is 22.6 Å². The van der Waals surface area contributed by atoms with Gasteiger partial charge in [-0.3, -0.25) is 10.1 Å². The number of carboxylic acid groups (broad SMARTS) is 1. The number of para-hydroxylation sites is 1. The summed E-state index contributed by atoms with van der Waals surface area (Å²) in [4.78, 5) is 33.0. The summed E-state index contributed by atoms with van der Waals surface area (Å²) in [5, 5.41) is 24.2. The third-order valence-electron chi connectivity index (χ3n) is 2.57. The van der Waals surface area contributed by atoms with Gasteiger partial charge < -0.3 is 20.0 Å². The van der Waals surface area contributed by atoms with Gasteiger partial charge in [-0.15, -0.1) is 0 Å². The highest BCUT2D eigenvalue weighted by Gasteiger charge is 2.25. The topological polar surface area (TPSA) is 122 Å². The summed E-state index contributed by atoms with van der Waals surface area (Å²) in [6.07, 6.45) is -1.47. The number of hydrogen-bond acceptors (Lipinski definition) is 6. The number of carbonyl (C=O) groups is 2. The highest BCUT2D eigenvalue weighted by atomic mass is 16.6. The summed E-state index contributed by atoms with van der Waals surface area (Å²) >= 11 is 0. The van der Waals surface area contributed by atoms with E-state index in [1.54, 1.807) is 20.8 Å². The second-order valence-electron chi connectivity index (χ2n) is 5.59. The summed E-state index contributed by atoms with van der Waals surface area (Å²) in [7, 11) is 0. The predicted octanol–water partition coefficient (Wildman–Crippen LogP) is 1.30. The van der Waals surface area contributed by atoms with E-state index in [0.29, 0.717) is 0 Å². The molecule has 8 heteroatoms. The van der Waals surface area contributed by atoms with Crippen molar-refractivity contribution in [3.05, 3.63) is 39.9 Å². The van der Waals surface area contributed by atoms with Gasteiger partial charge >= 0.3 is 6.09 Å². The summed E-state index contributed by atoms with van der Waals surface area (Å²) in [5.74, 6) is -1.45. The van der Waals surface area contributed by atoms with E-state index in [-0.39, 0.29) is 11.3 Å². The molecule has 0 aliphatic heterocycles. The van der Waals surface area contributed by atoms with E-state index in [1.807, 2.05) is 0 Å². The Labute approximate surface area is 127 Å². The zero-order chi connectivity index (χ0) is 16.9. The number of amides is 1. The molecule has 0 aliphatic carbocycles. The lowest BCUT2D eigenvalue weighted by Crippen LogP contribution is -2.38. The molecule has 0 saturated heterocycles. The van der Waals surface area contributed by atoms with Crippen LogP contribution < -0.4 is 10.4 Å². The Bertz CT molecular complexity index is 579. The minimum Gasteiger partial charge on any atom is -0.550 e. The van der Waals surface area contributed by atoms with Crippen molar-refractivity contribution in [2.45, 2.75) is 38.8 Å². The number of ether oxygens (including phenoxy) is 1. The molecule has 1 N–H and O–H groups in total. The van der Waals surface area contributed by atoms with E-state index < -0.39 is 35.0 Å². The molecule has 0 unspecified atom stereocenters. The van der Waals surface area contributed by atoms with Crippen LogP contribution in [0.1, 0.15) is 38.8 Å². The van der Waals surface area contributed by atoms with Crippen LogP contribution in [-0.2, 0) is 9.53 Å². The van der Waals surface area contributed by atoms with Gasteiger partial charge in [0.15, 0.2) is 0 Å². The Balaban J connectivity index is 3.06. The number of rotatable bonds is 5. The average molecular weight is 309 g/mol. The number of nitro groups is 1. The van der Waals surface area contributed by atoms with Crippen LogP contribution in [0.2, 0.25) is 0 Å². The van der Waals surface area contributed by atoms with Crippen molar-refractivity contribution >= 4 is 17.7 Å². The minimum absolute atomic E-state index is 0.0718. The molecule has 1 atom stereocenters. The lowest BCUT2D eigenvalue weighted by atomic mass is 10.0. The number of hydrogen-bond donors (Lipinski definition) is 1. The van der Waals surface area contributed by atoms with Gasteiger partial charge in [-0.2, -0.15) is 0 Å². The third-order valence-corrected chi connectivity index (χ3v) is 2.57. The number of carbonyl (C=O) groups excluding carboxylic acids is 2. The molecule has 0 aromatic heterocycles. The van der Waals surface area contributed by atoms with Crippen LogP contribution in [0, 0.1) is 10.1 Å². The Kier molecular flexibility index (Phi) is 5.44. The van der Waals surface area contributed by atoms with Crippen LogP contribution >= 0.6 is 0 Å². The van der Waals surface area contributed by atoms with Crippen LogP contribution in [0.5, 0.6) is 0 Å². The molecule has 0 spiro atoms. The monoisotopic (exact) mass is 309 g/mol. The van der Waals surface area contributed by atoms with E-state index in [2.05, 4.69) is 5.32 Å². The van der Waals surface area contributed by atoms with E-state index in [9.17, 15) is 24.8 Å². The molecule has 0 fully saturated rings. The van der Waals surface area contributed by atoms with Gasteiger partial charge in [0.25, 0.3) is 5.69 Å². The Morgan fingerprint density at radius 1 is 1.32 bits per heavy atom. The first-order valence-corrected chi connectivity index (χ1v) is 6.53. The van der Waals surface area contributed by atoms with Crippen molar-refractivity contribution in [1.29, 1.82) is 0 Å². The van der Waals surface area contributed by atoms with E-state index in [1.165, 1.54) is 24.3 Å². The third kappa shape index (κ3) is 5.39. The average Bonchev–Trinajstić information content (AvgIpc) is 2.35. The second kappa shape index (κ2) is 6.88. The quantitative estimate of drug-likeness (QED) is 0.646. The van der Waals surface area contributed by atoms with E-state index in [4.69, 9.17) is 4.74 Å². The first-order valence-electron chi connectivity index (χ1n) is 6.53. The Morgan fingerprint density at radius 3 is 2.41 bits per heavy atom. The number of nitro benzene ring substituents is 1. The molecular weight excluding hydrogens is 292 g/mol. The van der Waals surface area contributed by atoms with Crippen molar-refractivity contribution in [2.24, 2.45) is 0 Å². The van der Waals surface area contributed by atoms with Gasteiger partial charge in [0.2, 0.25) is 0 Å². The molecule has 0 aliphatic rings. The van der Waals surface area contributed by atoms with Crippen LogP contribution in [0.4, 0.5) is 10.5 Å². The molecule has 22 heavy (non-hydrogen) atoms. The number of alkyl carbamates (subject to hydrolysis) is 1. The van der Waals surface area contributed by atoms with Gasteiger partial charge in [-0.05, 0) is 20.8 Å². The number of benzene rings is 1. The molecule has 120 valence electrons. The molecule has 0 heterocycles. The SMILES string of the molecule is CC(C)(C)OC(=O)N[C@H](CC(=O)[O-])c1ccccc1[N+](=O)[O-]. The Hall–Kier alpha value is -2.64. The molecule has 0 bridgehead atoms. The van der Waals surface area contributed by atoms with Gasteiger partial charge in [0.05, 0.1) is 16.5 Å². The molecule has 1 aromatic carbocycles. The van der Waals surface area contributed by atoms with Crippen molar-refractivity contribution in [3.8, 4) is 0 Å². The largest absolute Gasteiger partial charge is 0.550 e. The molecule has 1 amide bonds. The standard InChI is InChI=1S/C14H18N2O6/c1-14(2,3)22-13(19)15-10(8-12(17)18)9-6-4-5-7-11(9)16(20)21/h4-7,10H,8H2,1-3H3,(H,15,19)(H,17,18)/p-1/t10-/m1/s1. The fourth-order valence-electron chi connectivity index (χ4n) is 1.80. The summed E-state index contributed by atoms with van der Waals surface area (Å²) in [5.41, 5.74) is -0.994. The normalized spacial score (nSPS) is 12.3. The first kappa shape index (κ1) is 17.4.